The Hall–Kier alpha value is -1.06. The number of piperidine rings is 1. The molecule has 0 aromatic heterocycles. The molecule has 3 nitrogen and oxygen atoms in total. The van der Waals surface area contributed by atoms with Crippen LogP contribution in [-0.4, -0.2) is 24.2 Å². The van der Waals surface area contributed by atoms with Crippen molar-refractivity contribution in [3.8, 4) is 0 Å². The van der Waals surface area contributed by atoms with Crippen molar-refractivity contribution in [2.75, 3.05) is 0 Å². The number of esters is 1. The van der Waals surface area contributed by atoms with E-state index in [1.54, 1.807) is 6.07 Å². The number of nitrogens with one attached hydrogen (secondary N) is 1. The van der Waals surface area contributed by atoms with Gasteiger partial charge in [0.25, 0.3) is 0 Å². The zero-order chi connectivity index (χ0) is 13.4. The Labute approximate surface area is 118 Å². The van der Waals surface area contributed by atoms with Gasteiger partial charge in [0, 0.05) is 17.1 Å². The van der Waals surface area contributed by atoms with Crippen molar-refractivity contribution >= 4 is 17.6 Å². The monoisotopic (exact) mass is 279 g/mol. The van der Waals surface area contributed by atoms with Gasteiger partial charge >= 0.3 is 5.97 Å². The summed E-state index contributed by atoms with van der Waals surface area (Å²) in [4.78, 5) is 12.1. The summed E-state index contributed by atoms with van der Waals surface area (Å²) in [6, 6.07) is 6.38. The molecule has 0 saturated carbocycles. The molecule has 1 aromatic rings. The highest BCUT2D eigenvalue weighted by Gasteiger charge is 2.35. The lowest BCUT2D eigenvalue weighted by molar-refractivity contribution is 0.0177. The molecule has 0 spiro atoms. The normalized spacial score (nSPS) is 29.3. The SMILES string of the molecule is Cc1cc(Cl)cc(C(=O)OC2CC3CCC(C2)N3)c1. The largest absolute Gasteiger partial charge is 0.459 e. The van der Waals surface area contributed by atoms with Crippen molar-refractivity contribution in [2.45, 2.75) is 50.8 Å². The molecule has 2 aliphatic heterocycles. The predicted molar refractivity (Wildman–Crippen MR) is 74.6 cm³/mol. The van der Waals surface area contributed by atoms with Crippen LogP contribution in [0.3, 0.4) is 0 Å². The smallest absolute Gasteiger partial charge is 0.338 e. The molecule has 2 aliphatic rings. The summed E-state index contributed by atoms with van der Waals surface area (Å²) in [6.07, 6.45) is 4.32. The third-order valence-corrected chi connectivity index (χ3v) is 4.20. The molecule has 1 N–H and O–H groups in total. The number of halogens is 1. The third kappa shape index (κ3) is 2.93. The molecule has 2 unspecified atom stereocenters. The summed E-state index contributed by atoms with van der Waals surface area (Å²) < 4.78 is 5.63. The van der Waals surface area contributed by atoms with Crippen molar-refractivity contribution in [3.05, 3.63) is 34.3 Å². The topological polar surface area (TPSA) is 38.3 Å². The molecular formula is C15H18ClNO2. The average Bonchev–Trinajstić information content (AvgIpc) is 2.67. The second-order valence-electron chi connectivity index (χ2n) is 5.65. The first kappa shape index (κ1) is 12.9. The number of carbonyl (C=O) groups excluding carboxylic acids is 1. The molecule has 2 atom stereocenters. The van der Waals surface area contributed by atoms with Crippen molar-refractivity contribution in [2.24, 2.45) is 0 Å². The summed E-state index contributed by atoms with van der Waals surface area (Å²) >= 11 is 5.98. The molecule has 2 bridgehead atoms. The lowest BCUT2D eigenvalue weighted by atomic mass is 10.0. The fourth-order valence-corrected chi connectivity index (χ4v) is 3.46. The molecule has 3 rings (SSSR count). The first-order chi connectivity index (χ1) is 9.10. The molecular weight excluding hydrogens is 262 g/mol. The minimum atomic E-state index is -0.253. The van der Waals surface area contributed by atoms with Gasteiger partial charge in [-0.1, -0.05) is 11.6 Å². The Morgan fingerprint density at radius 2 is 1.95 bits per heavy atom. The Kier molecular flexibility index (Phi) is 3.50. The van der Waals surface area contributed by atoms with Crippen LogP contribution in [0.15, 0.2) is 18.2 Å². The van der Waals surface area contributed by atoms with Crippen LogP contribution in [0.5, 0.6) is 0 Å². The van der Waals surface area contributed by atoms with E-state index in [2.05, 4.69) is 5.32 Å². The number of hydrogen-bond acceptors (Lipinski definition) is 3. The van der Waals surface area contributed by atoms with E-state index in [4.69, 9.17) is 16.3 Å². The van der Waals surface area contributed by atoms with Crippen molar-refractivity contribution in [1.82, 2.24) is 5.32 Å². The average molecular weight is 280 g/mol. The number of ether oxygens (including phenoxy) is 1. The van der Waals surface area contributed by atoms with E-state index >= 15 is 0 Å². The highest BCUT2D eigenvalue weighted by Crippen LogP contribution is 2.29. The number of fused-ring (bicyclic) bond motifs is 2. The highest BCUT2D eigenvalue weighted by molar-refractivity contribution is 6.31. The molecule has 102 valence electrons. The summed E-state index contributed by atoms with van der Waals surface area (Å²) in [5, 5.41) is 4.12. The summed E-state index contributed by atoms with van der Waals surface area (Å²) in [7, 11) is 0. The summed E-state index contributed by atoms with van der Waals surface area (Å²) in [6.45, 7) is 1.92. The van der Waals surface area contributed by atoms with E-state index in [-0.39, 0.29) is 12.1 Å². The van der Waals surface area contributed by atoms with Crippen molar-refractivity contribution < 1.29 is 9.53 Å². The molecule has 2 saturated heterocycles. The Morgan fingerprint density at radius 1 is 1.26 bits per heavy atom. The molecule has 4 heteroatoms. The quantitative estimate of drug-likeness (QED) is 0.846. The van der Waals surface area contributed by atoms with Gasteiger partial charge in [-0.15, -0.1) is 0 Å². The third-order valence-electron chi connectivity index (χ3n) is 3.98. The zero-order valence-corrected chi connectivity index (χ0v) is 11.7. The molecule has 2 fully saturated rings. The van der Waals surface area contributed by atoms with Crippen LogP contribution in [0.1, 0.15) is 41.6 Å². The van der Waals surface area contributed by atoms with Gasteiger partial charge in [-0.2, -0.15) is 0 Å². The highest BCUT2D eigenvalue weighted by atomic mass is 35.5. The minimum absolute atomic E-state index is 0.0468. The zero-order valence-electron chi connectivity index (χ0n) is 11.0. The van der Waals surface area contributed by atoms with Gasteiger partial charge in [0.1, 0.15) is 6.10 Å². The Bertz CT molecular complexity index is 471. The Balaban J connectivity index is 1.67. The first-order valence-electron chi connectivity index (χ1n) is 6.84. The van der Waals surface area contributed by atoms with Crippen LogP contribution >= 0.6 is 11.6 Å². The van der Waals surface area contributed by atoms with Crippen LogP contribution in [0.2, 0.25) is 5.02 Å². The van der Waals surface area contributed by atoms with Gasteiger partial charge in [-0.25, -0.2) is 4.79 Å². The standard InChI is InChI=1S/C15H18ClNO2/c1-9-4-10(6-11(16)5-9)15(18)19-14-7-12-2-3-13(8-14)17-12/h4-6,12-14,17H,2-3,7-8H2,1H3. The fourth-order valence-electron chi connectivity index (χ4n) is 3.17. The van der Waals surface area contributed by atoms with Gasteiger partial charge < -0.3 is 10.1 Å². The van der Waals surface area contributed by atoms with Gasteiger partial charge in [0.05, 0.1) is 5.56 Å². The lowest BCUT2D eigenvalue weighted by Crippen LogP contribution is -2.42. The maximum atomic E-state index is 12.1. The van der Waals surface area contributed by atoms with E-state index < -0.39 is 0 Å². The van der Waals surface area contributed by atoms with Crippen LogP contribution in [0, 0.1) is 6.92 Å². The predicted octanol–water partition coefficient (Wildman–Crippen LogP) is 3.09. The van der Waals surface area contributed by atoms with Crippen LogP contribution in [0.25, 0.3) is 0 Å². The molecule has 0 amide bonds. The number of hydrogen-bond donors (Lipinski definition) is 1. The van der Waals surface area contributed by atoms with Gasteiger partial charge in [0.2, 0.25) is 0 Å². The van der Waals surface area contributed by atoms with Gasteiger partial charge in [-0.05, 0) is 56.4 Å². The molecule has 1 aromatic carbocycles. The second kappa shape index (κ2) is 5.14. The van der Waals surface area contributed by atoms with E-state index in [1.165, 1.54) is 12.8 Å². The summed E-state index contributed by atoms with van der Waals surface area (Å²) in [5.74, 6) is -0.253. The van der Waals surface area contributed by atoms with Crippen LogP contribution in [-0.2, 0) is 4.74 Å². The maximum Gasteiger partial charge on any atom is 0.338 e. The van der Waals surface area contributed by atoms with Crippen molar-refractivity contribution in [3.63, 3.8) is 0 Å². The fraction of sp³-hybridized carbons (Fsp3) is 0.533. The van der Waals surface area contributed by atoms with E-state index in [0.717, 1.165) is 18.4 Å². The number of benzene rings is 1. The van der Waals surface area contributed by atoms with Crippen LogP contribution < -0.4 is 5.32 Å². The maximum absolute atomic E-state index is 12.1. The molecule has 0 radical (unpaired) electrons. The Morgan fingerprint density at radius 3 is 2.58 bits per heavy atom. The van der Waals surface area contributed by atoms with Crippen LogP contribution in [0.4, 0.5) is 0 Å². The molecule has 2 heterocycles. The number of carbonyl (C=O) groups is 1. The van der Waals surface area contributed by atoms with E-state index in [9.17, 15) is 4.79 Å². The van der Waals surface area contributed by atoms with Gasteiger partial charge in [-0.3, -0.25) is 0 Å². The number of aryl methyl sites for hydroxylation is 1. The number of rotatable bonds is 2. The van der Waals surface area contributed by atoms with E-state index in [1.807, 2.05) is 19.1 Å². The second-order valence-corrected chi connectivity index (χ2v) is 6.09. The first-order valence-corrected chi connectivity index (χ1v) is 7.22. The minimum Gasteiger partial charge on any atom is -0.459 e. The lowest BCUT2D eigenvalue weighted by Gasteiger charge is -2.28. The summed E-state index contributed by atoms with van der Waals surface area (Å²) in [5.41, 5.74) is 1.53. The van der Waals surface area contributed by atoms with Gasteiger partial charge in [0.15, 0.2) is 0 Å². The van der Waals surface area contributed by atoms with Crippen molar-refractivity contribution in [1.29, 1.82) is 0 Å². The molecule has 0 aliphatic carbocycles. The van der Waals surface area contributed by atoms with E-state index in [0.29, 0.717) is 22.7 Å². The molecule has 19 heavy (non-hydrogen) atoms.